The minimum atomic E-state index is -5.62. The van der Waals surface area contributed by atoms with Gasteiger partial charge in [-0.1, -0.05) is 18.2 Å². The molecule has 4 rings (SSSR count). The molecule has 7 nitrogen and oxygen atoms in total. The predicted octanol–water partition coefficient (Wildman–Crippen LogP) is 5.15. The normalized spacial score (nSPS) is 18.8. The molecule has 216 valence electrons. The van der Waals surface area contributed by atoms with Crippen molar-refractivity contribution in [2.75, 3.05) is 24.5 Å². The number of hydrogen-bond acceptors (Lipinski definition) is 7. The second-order valence-electron chi connectivity index (χ2n) is 9.17. The summed E-state index contributed by atoms with van der Waals surface area (Å²) in [5.74, 6) is -2.96. The van der Waals surface area contributed by atoms with E-state index >= 15 is 0 Å². The molecule has 3 heterocycles. The number of halogens is 6. The molecule has 40 heavy (non-hydrogen) atoms. The molecule has 0 saturated carbocycles. The van der Waals surface area contributed by atoms with Crippen LogP contribution in [0.2, 0.25) is 0 Å². The number of aromatic nitrogens is 1. The Morgan fingerprint density at radius 3 is 2.23 bits per heavy atom. The Bertz CT molecular complexity index is 1420. The van der Waals surface area contributed by atoms with Crippen LogP contribution in [0.1, 0.15) is 18.1 Å². The Labute approximate surface area is 230 Å². The fraction of sp³-hybridized carbons (Fsp3) is 0.360. The minimum Gasteiger partial charge on any atom is -0.438 e. The lowest BCUT2D eigenvalue weighted by Gasteiger charge is -2.42. The summed E-state index contributed by atoms with van der Waals surface area (Å²) in [5.41, 5.74) is -2.99. The minimum absolute atomic E-state index is 0.0772. The summed E-state index contributed by atoms with van der Waals surface area (Å²) in [5, 5.41) is 1.65. The second kappa shape index (κ2) is 11.0. The van der Waals surface area contributed by atoms with E-state index in [0.29, 0.717) is 19.0 Å². The smallest absolute Gasteiger partial charge is 0.438 e. The Morgan fingerprint density at radius 2 is 1.68 bits per heavy atom. The summed E-state index contributed by atoms with van der Waals surface area (Å²) in [4.78, 5) is 17.1. The van der Waals surface area contributed by atoms with E-state index < -0.39 is 45.6 Å². The third kappa shape index (κ3) is 6.10. The fourth-order valence-electron chi connectivity index (χ4n) is 4.38. The molecule has 0 bridgehead atoms. The molecule has 1 fully saturated rings. The third-order valence-electron chi connectivity index (χ3n) is 6.57. The monoisotopic (exact) mass is 607 g/mol. The lowest BCUT2D eigenvalue weighted by Crippen LogP contribution is -2.55. The number of pyridine rings is 1. The molecule has 1 aliphatic heterocycles. The van der Waals surface area contributed by atoms with Gasteiger partial charge in [-0.05, 0) is 54.6 Å². The van der Waals surface area contributed by atoms with Gasteiger partial charge in [0, 0.05) is 49.3 Å². The number of thiophene rings is 1. The van der Waals surface area contributed by atoms with E-state index in [0.717, 1.165) is 29.0 Å². The lowest BCUT2D eigenvalue weighted by molar-refractivity contribution is -0.285. The van der Waals surface area contributed by atoms with Crippen LogP contribution in [-0.4, -0.2) is 61.7 Å². The van der Waals surface area contributed by atoms with Gasteiger partial charge < -0.3 is 9.64 Å². The average Bonchev–Trinajstić information content (AvgIpc) is 3.44. The third-order valence-corrected chi connectivity index (χ3v) is 9.81. The summed E-state index contributed by atoms with van der Waals surface area (Å²) in [6.07, 6.45) is -7.42. The van der Waals surface area contributed by atoms with Gasteiger partial charge in [0.05, 0.1) is 0 Å². The molecule has 1 aliphatic rings. The number of rotatable bonds is 7. The first-order valence-electron chi connectivity index (χ1n) is 11.8. The van der Waals surface area contributed by atoms with Crippen LogP contribution < -0.4 is 4.90 Å². The van der Waals surface area contributed by atoms with Crippen molar-refractivity contribution in [3.8, 4) is 0 Å². The molecule has 3 aromatic rings. The predicted molar refractivity (Wildman–Crippen MR) is 134 cm³/mol. The molecule has 2 atom stereocenters. The molecule has 0 radical (unpaired) electrons. The zero-order valence-corrected chi connectivity index (χ0v) is 22.4. The Kier molecular flexibility index (Phi) is 8.20. The summed E-state index contributed by atoms with van der Waals surface area (Å²) >= 11 is 1.09. The average molecular weight is 608 g/mol. The number of benzene rings is 1. The van der Waals surface area contributed by atoms with Gasteiger partial charge in [-0.15, -0.1) is 11.3 Å². The summed E-state index contributed by atoms with van der Waals surface area (Å²) in [6, 6.07) is 10.7. The molecule has 0 spiro atoms. The van der Waals surface area contributed by atoms with Crippen LogP contribution >= 0.6 is 11.3 Å². The van der Waals surface area contributed by atoms with E-state index in [1.807, 2.05) is 4.90 Å². The number of alkyl halides is 6. The quantitative estimate of drug-likeness (QED) is 0.273. The van der Waals surface area contributed by atoms with Crippen molar-refractivity contribution in [1.82, 2.24) is 9.29 Å². The lowest BCUT2D eigenvalue weighted by atomic mass is 9.94. The highest BCUT2D eigenvalue weighted by atomic mass is 32.2. The van der Waals surface area contributed by atoms with Gasteiger partial charge in [-0.2, -0.15) is 30.6 Å². The molecule has 2 aromatic heterocycles. The van der Waals surface area contributed by atoms with Crippen molar-refractivity contribution in [2.45, 2.75) is 41.5 Å². The number of carbonyl (C=O) groups is 1. The van der Waals surface area contributed by atoms with E-state index in [1.165, 1.54) is 22.5 Å². The van der Waals surface area contributed by atoms with Crippen molar-refractivity contribution in [3.05, 3.63) is 77.4 Å². The van der Waals surface area contributed by atoms with E-state index in [-0.39, 0.29) is 23.8 Å². The van der Waals surface area contributed by atoms with Crippen LogP contribution in [0.5, 0.6) is 0 Å². The second-order valence-corrected chi connectivity index (χ2v) is 12.3. The zero-order chi connectivity index (χ0) is 29.3. The standard InChI is InChI=1S/C25H23F6N3O4S2/c1-23(25(29,30)31,38-22(35)24(26,27)28)18-4-6-19(7-5-18)34-13-12-33(40(36,37)21-3-2-14-39-21)16-20(34)15-17-8-10-32-11-9-17/h2-11,14,20H,12-13,15-16H2,1H3/t20-,23?/m0/s1. The number of esters is 1. The Hall–Kier alpha value is -3.17. The number of anilines is 1. The van der Waals surface area contributed by atoms with Gasteiger partial charge in [-0.3, -0.25) is 4.98 Å². The Balaban J connectivity index is 1.64. The van der Waals surface area contributed by atoms with Crippen molar-refractivity contribution in [1.29, 1.82) is 0 Å². The summed E-state index contributed by atoms with van der Waals surface area (Å²) in [6.45, 7) is 0.720. The number of piperazine rings is 1. The van der Waals surface area contributed by atoms with Crippen molar-refractivity contribution in [3.63, 3.8) is 0 Å². The number of sulfonamides is 1. The molecule has 0 aliphatic carbocycles. The first kappa shape index (κ1) is 29.8. The first-order chi connectivity index (χ1) is 18.6. The molecule has 0 N–H and O–H groups in total. The van der Waals surface area contributed by atoms with Gasteiger partial charge in [0.15, 0.2) is 0 Å². The number of nitrogens with zero attached hydrogens (tertiary/aromatic N) is 3. The van der Waals surface area contributed by atoms with Crippen LogP contribution in [0.25, 0.3) is 0 Å². The van der Waals surface area contributed by atoms with Crippen LogP contribution in [0.3, 0.4) is 0 Å². The SMILES string of the molecule is CC(OC(=O)C(F)(F)F)(c1ccc(N2CCN(S(=O)(=O)c3cccs3)C[C@@H]2Cc2ccncc2)cc1)C(F)(F)F. The molecule has 1 aromatic carbocycles. The Morgan fingerprint density at radius 1 is 1.02 bits per heavy atom. The summed E-state index contributed by atoms with van der Waals surface area (Å²) < 4.78 is 112. The topological polar surface area (TPSA) is 79.8 Å². The number of carbonyl (C=O) groups excluding carboxylic acids is 1. The molecule has 0 amide bonds. The fourth-order valence-corrected chi connectivity index (χ4v) is 7.00. The van der Waals surface area contributed by atoms with Gasteiger partial charge in [0.2, 0.25) is 5.60 Å². The van der Waals surface area contributed by atoms with Crippen LogP contribution in [-0.2, 0) is 31.6 Å². The van der Waals surface area contributed by atoms with E-state index in [4.69, 9.17) is 0 Å². The molecular formula is C25H23F6N3O4S2. The maximum absolute atomic E-state index is 13.8. The number of hydrogen-bond donors (Lipinski definition) is 0. The van der Waals surface area contributed by atoms with E-state index in [2.05, 4.69) is 9.72 Å². The van der Waals surface area contributed by atoms with Gasteiger partial charge in [0.25, 0.3) is 10.0 Å². The first-order valence-corrected chi connectivity index (χ1v) is 14.1. The van der Waals surface area contributed by atoms with Crippen molar-refractivity contribution >= 4 is 33.0 Å². The maximum atomic E-state index is 13.8. The van der Waals surface area contributed by atoms with Crippen LogP contribution in [0.4, 0.5) is 32.0 Å². The van der Waals surface area contributed by atoms with E-state index in [1.54, 1.807) is 36.0 Å². The highest BCUT2D eigenvalue weighted by Crippen LogP contribution is 2.44. The van der Waals surface area contributed by atoms with Crippen molar-refractivity contribution < 1.29 is 44.3 Å². The summed E-state index contributed by atoms with van der Waals surface area (Å²) in [7, 11) is -3.77. The highest BCUT2D eigenvalue weighted by Gasteiger charge is 2.59. The maximum Gasteiger partial charge on any atom is 0.490 e. The van der Waals surface area contributed by atoms with Crippen molar-refractivity contribution in [2.24, 2.45) is 0 Å². The van der Waals surface area contributed by atoms with Gasteiger partial charge in [0.1, 0.15) is 4.21 Å². The van der Waals surface area contributed by atoms with Crippen LogP contribution in [0, 0.1) is 0 Å². The molecular weight excluding hydrogens is 584 g/mol. The van der Waals surface area contributed by atoms with Gasteiger partial charge >= 0.3 is 18.3 Å². The molecule has 1 unspecified atom stereocenters. The number of ether oxygens (including phenoxy) is 1. The molecule has 1 saturated heterocycles. The zero-order valence-electron chi connectivity index (χ0n) is 20.8. The van der Waals surface area contributed by atoms with Crippen LogP contribution in [0.15, 0.2) is 70.5 Å². The largest absolute Gasteiger partial charge is 0.490 e. The van der Waals surface area contributed by atoms with E-state index in [9.17, 15) is 39.6 Å². The molecule has 15 heteroatoms. The van der Waals surface area contributed by atoms with Gasteiger partial charge in [-0.25, -0.2) is 13.2 Å². The highest BCUT2D eigenvalue weighted by molar-refractivity contribution is 7.91.